The van der Waals surface area contributed by atoms with Crippen LogP contribution in [0.1, 0.15) is 6.42 Å². The fourth-order valence-electron chi connectivity index (χ4n) is 0.952. The van der Waals surface area contributed by atoms with Gasteiger partial charge < -0.3 is 10.2 Å². The van der Waals surface area contributed by atoms with Crippen LogP contribution in [0.2, 0.25) is 0 Å². The van der Waals surface area contributed by atoms with E-state index in [4.69, 9.17) is 10.2 Å². The first kappa shape index (κ1) is 7.34. The topological polar surface area (TPSA) is 43.7 Å². The summed E-state index contributed by atoms with van der Waals surface area (Å²) < 4.78 is 0. The highest BCUT2D eigenvalue weighted by Crippen LogP contribution is 2.22. The monoisotopic (exact) mass is 149 g/mol. The fourth-order valence-corrected chi connectivity index (χ4v) is 1.35. The molecule has 1 aliphatic rings. The Kier molecular flexibility index (Phi) is 2.00. The molecule has 54 valence electrons. The van der Waals surface area contributed by atoms with Gasteiger partial charge in [-0.3, -0.25) is 4.90 Å². The van der Waals surface area contributed by atoms with Gasteiger partial charge in [0.15, 0.2) is 0 Å². The van der Waals surface area contributed by atoms with Crippen LogP contribution >= 0.6 is 12.6 Å². The minimum atomic E-state index is -0.594. The summed E-state index contributed by atoms with van der Waals surface area (Å²) in [4.78, 5) is 1.50. The molecule has 0 aromatic heterocycles. The first-order chi connectivity index (χ1) is 4.13. The second-order valence-electron chi connectivity index (χ2n) is 2.36. The van der Waals surface area contributed by atoms with E-state index in [0.717, 1.165) is 0 Å². The molecule has 0 aromatic carbocycles. The summed E-state index contributed by atoms with van der Waals surface area (Å²) in [5.74, 6) is 0. The molecule has 2 N–H and O–H groups in total. The summed E-state index contributed by atoms with van der Waals surface area (Å²) >= 11 is 4.05. The van der Waals surface area contributed by atoms with Gasteiger partial charge in [-0.15, -0.1) is 0 Å². The Balaban J connectivity index is 2.54. The largest absolute Gasteiger partial charge is 0.378 e. The molecule has 4 heteroatoms. The maximum atomic E-state index is 9.13. The van der Waals surface area contributed by atoms with Crippen molar-refractivity contribution in [2.45, 2.75) is 24.1 Å². The summed E-state index contributed by atoms with van der Waals surface area (Å²) in [7, 11) is 1.67. The zero-order valence-corrected chi connectivity index (χ0v) is 6.12. The van der Waals surface area contributed by atoms with Crippen molar-refractivity contribution in [3.63, 3.8) is 0 Å². The predicted molar refractivity (Wildman–Crippen MR) is 37.2 cm³/mol. The number of hydrogen-bond acceptors (Lipinski definition) is 4. The first-order valence-corrected chi connectivity index (χ1v) is 3.40. The molecule has 1 heterocycles. The molecule has 0 amide bonds. The van der Waals surface area contributed by atoms with Crippen LogP contribution in [0.5, 0.6) is 0 Å². The molecule has 9 heavy (non-hydrogen) atoms. The molecule has 3 atom stereocenters. The molecule has 0 radical (unpaired) electrons. The van der Waals surface area contributed by atoms with Crippen molar-refractivity contribution in [2.75, 3.05) is 7.05 Å². The normalized spacial score (nSPS) is 46.0. The second-order valence-corrected chi connectivity index (χ2v) is 3.03. The molecular formula is C5H11NO2S. The molecule has 0 bridgehead atoms. The summed E-state index contributed by atoms with van der Waals surface area (Å²) in [5, 5.41) is 18.1. The molecule has 1 saturated heterocycles. The molecule has 1 aliphatic heterocycles. The van der Waals surface area contributed by atoms with E-state index in [1.807, 2.05) is 0 Å². The maximum Gasteiger partial charge on any atom is 0.121 e. The van der Waals surface area contributed by atoms with Gasteiger partial charge in [-0.2, -0.15) is 12.6 Å². The van der Waals surface area contributed by atoms with Crippen molar-refractivity contribution in [3.05, 3.63) is 0 Å². The van der Waals surface area contributed by atoms with E-state index < -0.39 is 12.5 Å². The molecule has 1 fully saturated rings. The molecule has 0 spiro atoms. The lowest BCUT2D eigenvalue weighted by Gasteiger charge is -2.17. The minimum absolute atomic E-state index is 0.106. The summed E-state index contributed by atoms with van der Waals surface area (Å²) in [6, 6.07) is 0. The number of nitrogens with zero attached hydrogens (tertiary/aromatic N) is 1. The summed E-state index contributed by atoms with van der Waals surface area (Å²) in [6.45, 7) is 0. The van der Waals surface area contributed by atoms with Crippen LogP contribution in [0.4, 0.5) is 0 Å². The Morgan fingerprint density at radius 2 is 2.11 bits per heavy atom. The summed E-state index contributed by atoms with van der Waals surface area (Å²) in [5.41, 5.74) is 0. The zero-order chi connectivity index (χ0) is 7.02. The fraction of sp³-hybridized carbons (Fsp3) is 1.00. The van der Waals surface area contributed by atoms with Gasteiger partial charge in [0.25, 0.3) is 0 Å². The third-order valence-corrected chi connectivity index (χ3v) is 2.16. The van der Waals surface area contributed by atoms with Crippen LogP contribution in [0.3, 0.4) is 0 Å². The highest BCUT2D eigenvalue weighted by Gasteiger charge is 2.34. The minimum Gasteiger partial charge on any atom is -0.378 e. The standard InChI is InChI=1S/C5H11NO2S/c1-6-4(7)2-3(9)5(6)8/h3-5,7-9H,2H2,1H3. The van der Waals surface area contributed by atoms with Gasteiger partial charge >= 0.3 is 0 Å². The molecule has 0 aromatic rings. The van der Waals surface area contributed by atoms with E-state index in [-0.39, 0.29) is 5.25 Å². The van der Waals surface area contributed by atoms with E-state index in [2.05, 4.69) is 12.6 Å². The third-order valence-electron chi connectivity index (χ3n) is 1.68. The van der Waals surface area contributed by atoms with Gasteiger partial charge in [0.05, 0.1) is 0 Å². The SMILES string of the molecule is CN1C(O)CC(S)C1O. The van der Waals surface area contributed by atoms with Crippen LogP contribution in [-0.4, -0.2) is 39.9 Å². The van der Waals surface area contributed by atoms with Crippen LogP contribution in [0.25, 0.3) is 0 Å². The Bertz CT molecular complexity index is 99.1. The lowest BCUT2D eigenvalue weighted by molar-refractivity contribution is -0.0330. The average molecular weight is 149 g/mol. The molecule has 3 unspecified atom stereocenters. The number of aliphatic hydroxyl groups excluding tert-OH is 2. The number of likely N-dealkylation sites (tertiary alicyclic amines) is 1. The van der Waals surface area contributed by atoms with Crippen molar-refractivity contribution in [1.29, 1.82) is 0 Å². The van der Waals surface area contributed by atoms with Crippen LogP contribution in [-0.2, 0) is 0 Å². The Hall–Kier alpha value is 0.230. The van der Waals surface area contributed by atoms with Crippen molar-refractivity contribution in [2.24, 2.45) is 0 Å². The molecule has 0 aliphatic carbocycles. The van der Waals surface area contributed by atoms with E-state index in [9.17, 15) is 0 Å². The van der Waals surface area contributed by atoms with Crippen molar-refractivity contribution < 1.29 is 10.2 Å². The molecule has 1 rings (SSSR count). The first-order valence-electron chi connectivity index (χ1n) is 2.89. The summed E-state index contributed by atoms with van der Waals surface area (Å²) in [6.07, 6.45) is -0.577. The average Bonchev–Trinajstić information content (AvgIpc) is 1.98. The zero-order valence-electron chi connectivity index (χ0n) is 5.23. The van der Waals surface area contributed by atoms with Gasteiger partial charge in [-0.05, 0) is 7.05 Å². The van der Waals surface area contributed by atoms with E-state index >= 15 is 0 Å². The predicted octanol–water partition coefficient (Wildman–Crippen LogP) is -0.743. The van der Waals surface area contributed by atoms with Crippen molar-refractivity contribution in [1.82, 2.24) is 4.90 Å². The van der Waals surface area contributed by atoms with Crippen LogP contribution in [0.15, 0.2) is 0 Å². The number of rotatable bonds is 0. The third kappa shape index (κ3) is 1.21. The van der Waals surface area contributed by atoms with Gasteiger partial charge in [-0.25, -0.2) is 0 Å². The molecule has 0 saturated carbocycles. The maximum absolute atomic E-state index is 9.13. The number of thiol groups is 1. The van der Waals surface area contributed by atoms with Gasteiger partial charge in [-0.1, -0.05) is 0 Å². The van der Waals surface area contributed by atoms with Gasteiger partial charge in [0, 0.05) is 11.7 Å². The van der Waals surface area contributed by atoms with Gasteiger partial charge in [0.2, 0.25) is 0 Å². The Labute approximate surface area is 59.7 Å². The van der Waals surface area contributed by atoms with Crippen molar-refractivity contribution >= 4 is 12.6 Å². The number of hydrogen-bond donors (Lipinski definition) is 3. The lowest BCUT2D eigenvalue weighted by Crippen LogP contribution is -2.33. The smallest absolute Gasteiger partial charge is 0.121 e. The van der Waals surface area contributed by atoms with Crippen molar-refractivity contribution in [3.8, 4) is 0 Å². The molecular weight excluding hydrogens is 138 g/mol. The molecule has 3 nitrogen and oxygen atoms in total. The van der Waals surface area contributed by atoms with Crippen LogP contribution < -0.4 is 0 Å². The van der Waals surface area contributed by atoms with Gasteiger partial charge in [0.1, 0.15) is 12.5 Å². The van der Waals surface area contributed by atoms with E-state index in [1.165, 1.54) is 4.90 Å². The highest BCUT2D eigenvalue weighted by atomic mass is 32.1. The Morgan fingerprint density at radius 1 is 1.56 bits per heavy atom. The van der Waals surface area contributed by atoms with E-state index in [1.54, 1.807) is 7.05 Å². The highest BCUT2D eigenvalue weighted by molar-refractivity contribution is 7.81. The number of aliphatic hydroxyl groups is 2. The lowest BCUT2D eigenvalue weighted by atomic mass is 10.3. The quantitative estimate of drug-likeness (QED) is 0.397. The Morgan fingerprint density at radius 3 is 2.22 bits per heavy atom. The van der Waals surface area contributed by atoms with E-state index in [0.29, 0.717) is 6.42 Å². The van der Waals surface area contributed by atoms with Crippen LogP contribution in [0, 0.1) is 0 Å². The second kappa shape index (κ2) is 2.46.